The maximum absolute atomic E-state index is 12.4. The first kappa shape index (κ1) is 25.8. The Morgan fingerprint density at radius 3 is 1.07 bits per heavy atom. The Kier molecular flexibility index (Phi) is 8.02. The molecular weight excluding hydrogens is 423 g/mol. The first-order valence-corrected chi connectivity index (χ1v) is 8.89. The van der Waals surface area contributed by atoms with Crippen LogP contribution in [0.4, 0.5) is 39.5 Å². The number of alkyl halides is 9. The molecule has 0 radical (unpaired) electrons. The van der Waals surface area contributed by atoms with Crippen LogP contribution in [0.1, 0.15) is 67.3 Å². The molecule has 0 aromatic heterocycles. The van der Waals surface area contributed by atoms with Gasteiger partial charge in [0.2, 0.25) is 0 Å². The van der Waals surface area contributed by atoms with Crippen LogP contribution in [0.25, 0.3) is 0 Å². The maximum Gasteiger partial charge on any atom is 0.416 e. The van der Waals surface area contributed by atoms with Crippen molar-refractivity contribution in [3.05, 3.63) is 70.3 Å². The molecule has 0 unspecified atom stereocenters. The molecule has 0 N–H and O–H groups in total. The number of hydrogen-bond acceptors (Lipinski definition) is 0. The molecule has 0 saturated heterocycles. The highest BCUT2D eigenvalue weighted by Gasteiger charge is 2.37. The van der Waals surface area contributed by atoms with Gasteiger partial charge in [-0.2, -0.15) is 39.5 Å². The van der Waals surface area contributed by atoms with Crippen LogP contribution < -0.4 is 0 Å². The van der Waals surface area contributed by atoms with Gasteiger partial charge >= 0.3 is 18.5 Å². The second-order valence-corrected chi connectivity index (χ2v) is 7.27. The summed E-state index contributed by atoms with van der Waals surface area (Å²) in [5, 5.41) is 0. The summed E-state index contributed by atoms with van der Waals surface area (Å²) in [6.45, 7) is 6.97. The van der Waals surface area contributed by atoms with Crippen molar-refractivity contribution >= 4 is 0 Å². The Hall–Kier alpha value is -2.19. The summed E-state index contributed by atoms with van der Waals surface area (Å²) in [6, 6.07) is 6.91. The van der Waals surface area contributed by atoms with Crippen LogP contribution >= 0.6 is 0 Å². The van der Waals surface area contributed by atoms with Gasteiger partial charge in [-0.05, 0) is 53.3 Å². The van der Waals surface area contributed by atoms with E-state index in [9.17, 15) is 39.5 Å². The average Bonchev–Trinajstić information content (AvgIpc) is 2.59. The smallest absolute Gasteiger partial charge is 0.166 e. The van der Waals surface area contributed by atoms with Gasteiger partial charge in [0.1, 0.15) is 0 Å². The van der Waals surface area contributed by atoms with E-state index in [1.165, 1.54) is 26.0 Å². The zero-order valence-electron chi connectivity index (χ0n) is 16.6. The third-order valence-corrected chi connectivity index (χ3v) is 4.18. The van der Waals surface area contributed by atoms with Gasteiger partial charge in [0.25, 0.3) is 0 Å². The highest BCUT2D eigenvalue weighted by atomic mass is 19.4. The summed E-state index contributed by atoms with van der Waals surface area (Å²) in [5.74, 6) is -0.138. The summed E-state index contributed by atoms with van der Waals surface area (Å²) < 4.78 is 111. The second-order valence-electron chi connectivity index (χ2n) is 7.27. The van der Waals surface area contributed by atoms with Gasteiger partial charge in [0.05, 0.1) is 16.7 Å². The molecule has 0 atom stereocenters. The van der Waals surface area contributed by atoms with Crippen molar-refractivity contribution in [1.29, 1.82) is 0 Å². The lowest BCUT2D eigenvalue weighted by Gasteiger charge is -2.15. The van der Waals surface area contributed by atoms with E-state index in [1.807, 2.05) is 13.8 Å². The second kappa shape index (κ2) is 9.31. The van der Waals surface area contributed by atoms with Gasteiger partial charge in [-0.3, -0.25) is 0 Å². The first-order valence-electron chi connectivity index (χ1n) is 8.89. The quantitative estimate of drug-likeness (QED) is 0.407. The predicted octanol–water partition coefficient (Wildman–Crippen LogP) is 8.68. The number of hydrogen-bond donors (Lipinski definition) is 0. The first-order chi connectivity index (χ1) is 13.4. The third-order valence-electron chi connectivity index (χ3n) is 4.18. The molecule has 0 bridgehead atoms. The lowest BCUT2D eigenvalue weighted by Crippen LogP contribution is -2.12. The summed E-state index contributed by atoms with van der Waals surface area (Å²) in [6.07, 6.45) is -13.8. The normalized spacial score (nSPS) is 12.8. The van der Waals surface area contributed by atoms with Gasteiger partial charge in [-0.1, -0.05) is 39.8 Å². The summed E-state index contributed by atoms with van der Waals surface area (Å²) in [7, 11) is 0. The fourth-order valence-corrected chi connectivity index (χ4v) is 2.37. The van der Waals surface area contributed by atoms with E-state index < -0.39 is 41.1 Å². The summed E-state index contributed by atoms with van der Waals surface area (Å²) >= 11 is 0. The Balaban J connectivity index is 0.000000311. The third kappa shape index (κ3) is 7.57. The number of benzene rings is 2. The molecule has 0 aliphatic heterocycles. The van der Waals surface area contributed by atoms with E-state index in [1.54, 1.807) is 0 Å². The zero-order chi connectivity index (χ0) is 23.5. The van der Waals surface area contributed by atoms with E-state index in [0.29, 0.717) is 0 Å². The van der Waals surface area contributed by atoms with Crippen LogP contribution in [0.15, 0.2) is 42.5 Å². The van der Waals surface area contributed by atoms with Crippen molar-refractivity contribution in [3.63, 3.8) is 0 Å². The van der Waals surface area contributed by atoms with Gasteiger partial charge < -0.3 is 0 Å². The molecule has 0 aliphatic rings. The minimum atomic E-state index is -4.77. The average molecular weight is 444 g/mol. The molecule has 0 spiro atoms. The summed E-state index contributed by atoms with van der Waals surface area (Å²) in [4.78, 5) is 0. The van der Waals surface area contributed by atoms with Crippen molar-refractivity contribution in [1.82, 2.24) is 0 Å². The largest absolute Gasteiger partial charge is 0.416 e. The molecule has 0 aliphatic carbocycles. The minimum Gasteiger partial charge on any atom is -0.166 e. The van der Waals surface area contributed by atoms with E-state index in [-0.39, 0.29) is 17.5 Å². The number of rotatable bonds is 2. The van der Waals surface area contributed by atoms with Gasteiger partial charge in [0.15, 0.2) is 0 Å². The Labute approximate surface area is 168 Å². The highest BCUT2D eigenvalue weighted by Crippen LogP contribution is 2.37. The predicted molar refractivity (Wildman–Crippen MR) is 96.1 cm³/mol. The number of halogens is 9. The van der Waals surface area contributed by atoms with Crippen LogP contribution in [0.5, 0.6) is 0 Å². The monoisotopic (exact) mass is 444 g/mol. The topological polar surface area (TPSA) is 0 Å². The van der Waals surface area contributed by atoms with Crippen molar-refractivity contribution in [2.24, 2.45) is 0 Å². The Morgan fingerprint density at radius 1 is 0.467 bits per heavy atom. The van der Waals surface area contributed by atoms with Gasteiger partial charge in [-0.25, -0.2) is 0 Å². The molecule has 0 heterocycles. The van der Waals surface area contributed by atoms with E-state index in [2.05, 4.69) is 0 Å². The van der Waals surface area contributed by atoms with E-state index in [4.69, 9.17) is 0 Å². The standard InChI is InChI=1S/C11H10F6.C10H11F3/c1-6(2)7-3-8(10(12,13)14)5-9(4-7)11(15,16)17;1-7(2)8-3-5-9(6-4-8)10(11,12)13/h3-6H,1-2H3;3-7H,1-2H3. The Morgan fingerprint density at radius 2 is 0.800 bits per heavy atom. The van der Waals surface area contributed by atoms with Crippen LogP contribution in [0.2, 0.25) is 0 Å². The molecule has 2 rings (SSSR count). The molecule has 0 amide bonds. The van der Waals surface area contributed by atoms with Crippen molar-refractivity contribution in [3.8, 4) is 0 Å². The van der Waals surface area contributed by atoms with E-state index >= 15 is 0 Å². The van der Waals surface area contributed by atoms with Crippen LogP contribution in [-0.4, -0.2) is 0 Å². The fraction of sp³-hybridized carbons (Fsp3) is 0.429. The molecule has 30 heavy (non-hydrogen) atoms. The van der Waals surface area contributed by atoms with Gasteiger partial charge in [-0.15, -0.1) is 0 Å². The van der Waals surface area contributed by atoms with Crippen molar-refractivity contribution in [2.45, 2.75) is 58.1 Å². The van der Waals surface area contributed by atoms with Crippen molar-refractivity contribution in [2.75, 3.05) is 0 Å². The molecule has 2 aromatic carbocycles. The van der Waals surface area contributed by atoms with Crippen molar-refractivity contribution < 1.29 is 39.5 Å². The highest BCUT2D eigenvalue weighted by molar-refractivity contribution is 5.35. The molecule has 0 saturated carbocycles. The Bertz CT molecular complexity index is 776. The lowest BCUT2D eigenvalue weighted by atomic mass is 9.97. The minimum absolute atomic E-state index is 0.0205. The molecule has 0 nitrogen and oxygen atoms in total. The van der Waals surface area contributed by atoms with Crippen LogP contribution in [-0.2, 0) is 18.5 Å². The zero-order valence-corrected chi connectivity index (χ0v) is 16.6. The van der Waals surface area contributed by atoms with Crippen LogP contribution in [0, 0.1) is 0 Å². The fourth-order valence-electron chi connectivity index (χ4n) is 2.37. The van der Waals surface area contributed by atoms with E-state index in [0.717, 1.165) is 29.8 Å². The summed E-state index contributed by atoms with van der Waals surface area (Å²) in [5.41, 5.74) is -2.18. The maximum atomic E-state index is 12.4. The molecular formula is C21H21F9. The molecule has 168 valence electrons. The SMILES string of the molecule is CC(C)c1cc(C(F)(F)F)cc(C(F)(F)F)c1.CC(C)c1ccc(C(F)(F)F)cc1. The molecule has 0 fully saturated rings. The lowest BCUT2D eigenvalue weighted by molar-refractivity contribution is -0.143. The molecule has 2 aromatic rings. The molecule has 9 heteroatoms. The van der Waals surface area contributed by atoms with Crippen LogP contribution in [0.3, 0.4) is 0 Å². The van der Waals surface area contributed by atoms with Gasteiger partial charge in [0, 0.05) is 0 Å².